The largest absolute Gasteiger partial charge is 0.479 e. The zero-order valence-electron chi connectivity index (χ0n) is 19.3. The number of carboxylic acid groups (broad SMARTS) is 1. The molecule has 2 rings (SSSR count). The average Bonchev–Trinajstić information content (AvgIpc) is 2.74. The number of carbonyl (C=O) groups is 4. The molecule has 184 valence electrons. The lowest BCUT2D eigenvalue weighted by atomic mass is 10.1. The first-order valence-electron chi connectivity index (χ1n) is 10.7. The fraction of sp³-hybridized carbons (Fsp3) is 0.545. The fourth-order valence-electron chi connectivity index (χ4n) is 2.85. The quantitative estimate of drug-likeness (QED) is 0.394. The van der Waals surface area contributed by atoms with Gasteiger partial charge in [0.1, 0.15) is 12.4 Å². The van der Waals surface area contributed by atoms with Crippen molar-refractivity contribution in [3.63, 3.8) is 0 Å². The van der Waals surface area contributed by atoms with Gasteiger partial charge in [0.25, 0.3) is 0 Å². The minimum absolute atomic E-state index is 0.00687. The van der Waals surface area contributed by atoms with E-state index in [1.807, 2.05) is 13.8 Å². The second-order valence-corrected chi connectivity index (χ2v) is 7.03. The Kier molecular flexibility index (Phi) is 11.9. The van der Waals surface area contributed by atoms with E-state index >= 15 is 0 Å². The van der Waals surface area contributed by atoms with E-state index in [2.05, 4.69) is 10.6 Å². The molecule has 2 amide bonds. The number of carbonyl (C=O) groups excluding carboxylic acids is 3. The lowest BCUT2D eigenvalue weighted by Gasteiger charge is -2.31. The predicted octanol–water partition coefficient (Wildman–Crippen LogP) is 1.57. The highest BCUT2D eigenvalue weighted by Gasteiger charge is 2.34. The van der Waals surface area contributed by atoms with Crippen molar-refractivity contribution in [2.45, 2.75) is 72.1 Å². The SMILES string of the molecule is CC.CC(=O)NCCC(=O)Nc1cc(COC(C)=O)ccc1OC1CC(O)CC(C(=O)O)O1. The lowest BCUT2D eigenvalue weighted by Crippen LogP contribution is -2.42. The van der Waals surface area contributed by atoms with E-state index in [4.69, 9.17) is 19.3 Å². The van der Waals surface area contributed by atoms with Crippen molar-refractivity contribution in [2.24, 2.45) is 0 Å². The third-order valence-corrected chi connectivity index (χ3v) is 4.29. The van der Waals surface area contributed by atoms with Crippen molar-refractivity contribution < 1.29 is 43.6 Å². The van der Waals surface area contributed by atoms with E-state index in [0.717, 1.165) is 0 Å². The highest BCUT2D eigenvalue weighted by atomic mass is 16.7. The van der Waals surface area contributed by atoms with Crippen molar-refractivity contribution in [2.75, 3.05) is 11.9 Å². The molecule has 1 aromatic rings. The normalized spacial score (nSPS) is 19.4. The summed E-state index contributed by atoms with van der Waals surface area (Å²) in [6, 6.07) is 4.67. The predicted molar refractivity (Wildman–Crippen MR) is 117 cm³/mol. The number of nitrogens with one attached hydrogen (secondary N) is 2. The summed E-state index contributed by atoms with van der Waals surface area (Å²) in [7, 11) is 0. The monoisotopic (exact) mass is 468 g/mol. The van der Waals surface area contributed by atoms with Gasteiger partial charge in [-0.25, -0.2) is 4.79 Å². The minimum Gasteiger partial charge on any atom is -0.479 e. The van der Waals surface area contributed by atoms with Crippen LogP contribution in [0.3, 0.4) is 0 Å². The second-order valence-electron chi connectivity index (χ2n) is 7.03. The zero-order valence-corrected chi connectivity index (χ0v) is 19.3. The summed E-state index contributed by atoms with van der Waals surface area (Å²) in [6.45, 7) is 6.73. The van der Waals surface area contributed by atoms with Gasteiger partial charge in [0, 0.05) is 39.7 Å². The first-order chi connectivity index (χ1) is 15.6. The molecule has 1 aromatic carbocycles. The third-order valence-electron chi connectivity index (χ3n) is 4.29. The van der Waals surface area contributed by atoms with Crippen LogP contribution >= 0.6 is 0 Å². The van der Waals surface area contributed by atoms with E-state index in [1.54, 1.807) is 12.1 Å². The van der Waals surface area contributed by atoms with Crippen LogP contribution in [-0.2, 0) is 35.3 Å². The minimum atomic E-state index is -1.22. The molecule has 0 saturated carbocycles. The first-order valence-corrected chi connectivity index (χ1v) is 10.7. The van der Waals surface area contributed by atoms with E-state index in [0.29, 0.717) is 5.56 Å². The summed E-state index contributed by atoms with van der Waals surface area (Å²) < 4.78 is 16.1. The maximum absolute atomic E-state index is 12.3. The molecule has 0 bridgehead atoms. The van der Waals surface area contributed by atoms with Crippen LogP contribution in [0.4, 0.5) is 5.69 Å². The lowest BCUT2D eigenvalue weighted by molar-refractivity contribution is -0.195. The number of ether oxygens (including phenoxy) is 3. The molecule has 1 saturated heterocycles. The van der Waals surface area contributed by atoms with Crippen LogP contribution in [-0.4, -0.2) is 59.0 Å². The fourth-order valence-corrected chi connectivity index (χ4v) is 2.85. The van der Waals surface area contributed by atoms with Crippen LogP contribution < -0.4 is 15.4 Å². The van der Waals surface area contributed by atoms with Gasteiger partial charge in [-0.2, -0.15) is 0 Å². The smallest absolute Gasteiger partial charge is 0.333 e. The van der Waals surface area contributed by atoms with Crippen LogP contribution in [0.15, 0.2) is 18.2 Å². The van der Waals surface area contributed by atoms with Crippen LogP contribution in [0.25, 0.3) is 0 Å². The third kappa shape index (κ3) is 10.3. The van der Waals surface area contributed by atoms with Gasteiger partial charge in [0.15, 0.2) is 6.10 Å². The highest BCUT2D eigenvalue weighted by molar-refractivity contribution is 5.92. The van der Waals surface area contributed by atoms with E-state index in [1.165, 1.54) is 19.9 Å². The Morgan fingerprint density at radius 3 is 2.45 bits per heavy atom. The Hall–Kier alpha value is -3.18. The van der Waals surface area contributed by atoms with Gasteiger partial charge in [0.2, 0.25) is 18.1 Å². The van der Waals surface area contributed by atoms with Crippen LogP contribution in [0.5, 0.6) is 5.75 Å². The summed E-state index contributed by atoms with van der Waals surface area (Å²) in [4.78, 5) is 45.5. The molecule has 0 spiro atoms. The Bertz CT molecular complexity index is 828. The summed E-state index contributed by atoms with van der Waals surface area (Å²) in [6.07, 6.45) is -3.17. The molecule has 1 aliphatic heterocycles. The molecular formula is C22H32N2O9. The maximum Gasteiger partial charge on any atom is 0.333 e. The van der Waals surface area contributed by atoms with Gasteiger partial charge in [-0.15, -0.1) is 0 Å². The van der Waals surface area contributed by atoms with Gasteiger partial charge in [0.05, 0.1) is 11.8 Å². The van der Waals surface area contributed by atoms with Crippen LogP contribution in [0.1, 0.15) is 52.5 Å². The number of esters is 1. The molecule has 0 radical (unpaired) electrons. The number of hydrogen-bond acceptors (Lipinski definition) is 8. The van der Waals surface area contributed by atoms with E-state index in [-0.39, 0.29) is 49.8 Å². The Balaban J connectivity index is 0.00000265. The first kappa shape index (κ1) is 27.9. The average molecular weight is 469 g/mol. The standard InChI is InChI=1S/C20H26N2O9.C2H6/c1-11(23)21-6-5-18(26)22-15-7-13(10-29-12(2)24)3-4-16(15)30-19-9-14(25)8-17(31-19)20(27)28;1-2/h3-4,7,14,17,19,25H,5-6,8-10H2,1-2H3,(H,21,23)(H,22,26)(H,27,28);1-2H3. The molecule has 1 aliphatic rings. The maximum atomic E-state index is 12.3. The number of aliphatic hydroxyl groups is 1. The highest BCUT2D eigenvalue weighted by Crippen LogP contribution is 2.30. The van der Waals surface area contributed by atoms with Crippen molar-refractivity contribution in [1.82, 2.24) is 5.32 Å². The van der Waals surface area contributed by atoms with E-state index in [9.17, 15) is 24.3 Å². The van der Waals surface area contributed by atoms with Crippen molar-refractivity contribution in [3.05, 3.63) is 23.8 Å². The molecule has 1 fully saturated rings. The Morgan fingerprint density at radius 2 is 1.85 bits per heavy atom. The van der Waals surface area contributed by atoms with Gasteiger partial charge < -0.3 is 35.1 Å². The number of aliphatic carboxylic acids is 1. The molecule has 33 heavy (non-hydrogen) atoms. The molecule has 0 aromatic heterocycles. The Labute approximate surface area is 192 Å². The second kappa shape index (κ2) is 14.1. The molecule has 11 nitrogen and oxygen atoms in total. The summed E-state index contributed by atoms with van der Waals surface area (Å²) in [5.74, 6) is -2.17. The zero-order chi connectivity index (χ0) is 25.0. The number of benzene rings is 1. The van der Waals surface area contributed by atoms with Crippen LogP contribution in [0, 0.1) is 0 Å². The summed E-state index contributed by atoms with van der Waals surface area (Å²) in [5, 5.41) is 24.3. The molecule has 3 atom stereocenters. The molecule has 11 heteroatoms. The van der Waals surface area contributed by atoms with Crippen molar-refractivity contribution in [1.29, 1.82) is 0 Å². The molecular weight excluding hydrogens is 436 g/mol. The molecule has 1 heterocycles. The molecule has 0 aliphatic carbocycles. The van der Waals surface area contributed by atoms with Crippen molar-refractivity contribution in [3.8, 4) is 5.75 Å². The van der Waals surface area contributed by atoms with Gasteiger partial charge in [-0.05, 0) is 17.7 Å². The number of hydrogen-bond donors (Lipinski definition) is 4. The molecule has 3 unspecified atom stereocenters. The van der Waals surface area contributed by atoms with Crippen LogP contribution in [0.2, 0.25) is 0 Å². The number of anilines is 1. The molecule has 4 N–H and O–H groups in total. The van der Waals surface area contributed by atoms with Crippen molar-refractivity contribution >= 4 is 29.4 Å². The van der Waals surface area contributed by atoms with E-state index < -0.39 is 36.3 Å². The van der Waals surface area contributed by atoms with Gasteiger partial charge >= 0.3 is 11.9 Å². The number of aliphatic hydroxyl groups excluding tert-OH is 1. The summed E-state index contributed by atoms with van der Waals surface area (Å²) in [5.41, 5.74) is 0.820. The Morgan fingerprint density at radius 1 is 1.15 bits per heavy atom. The number of amides is 2. The van der Waals surface area contributed by atoms with Gasteiger partial charge in [-0.3, -0.25) is 14.4 Å². The summed E-state index contributed by atoms with van der Waals surface area (Å²) >= 11 is 0. The number of rotatable bonds is 9. The topological polar surface area (TPSA) is 160 Å². The number of carboxylic acids is 1. The van der Waals surface area contributed by atoms with Gasteiger partial charge in [-0.1, -0.05) is 19.9 Å².